The van der Waals surface area contributed by atoms with Gasteiger partial charge in [-0.05, 0) is 6.92 Å². The maximum atomic E-state index is 11.9. The van der Waals surface area contributed by atoms with E-state index in [-0.39, 0.29) is 0 Å². The molecule has 1 N–H and O–H groups in total. The minimum atomic E-state index is -5.91. The molecule has 0 aliphatic carbocycles. The summed E-state index contributed by atoms with van der Waals surface area (Å²) in [6, 6.07) is 0. The summed E-state index contributed by atoms with van der Waals surface area (Å²) in [6.07, 6.45) is -13.6. The first-order chi connectivity index (χ1) is 5.58. The highest BCUT2D eigenvalue weighted by atomic mass is 19.4. The number of carbonyl (C=O) groups is 1. The molecule has 0 saturated heterocycles. The van der Waals surface area contributed by atoms with Crippen molar-refractivity contribution in [3.05, 3.63) is 0 Å². The Morgan fingerprint density at radius 3 is 1.92 bits per heavy atom. The van der Waals surface area contributed by atoms with Gasteiger partial charge in [0.25, 0.3) is 0 Å². The van der Waals surface area contributed by atoms with Gasteiger partial charge in [0, 0.05) is 0 Å². The lowest BCUT2D eigenvalue weighted by molar-refractivity contribution is -0.398. The van der Waals surface area contributed by atoms with E-state index in [1.54, 1.807) is 0 Å². The Hall–Kier alpha value is -0.920. The Morgan fingerprint density at radius 2 is 1.69 bits per heavy atom. The van der Waals surface area contributed by atoms with Crippen LogP contribution >= 0.6 is 0 Å². The van der Waals surface area contributed by atoms with Crippen molar-refractivity contribution in [3.63, 3.8) is 0 Å². The molecular weight excluding hydrogens is 203 g/mol. The van der Waals surface area contributed by atoms with Gasteiger partial charge in [0.1, 0.15) is 0 Å². The molecule has 78 valence electrons. The number of alkyl halides is 5. The molecule has 0 aromatic carbocycles. The molecule has 3 nitrogen and oxygen atoms in total. The quantitative estimate of drug-likeness (QED) is 0.717. The van der Waals surface area contributed by atoms with Crippen molar-refractivity contribution in [1.29, 1.82) is 0 Å². The van der Waals surface area contributed by atoms with Crippen molar-refractivity contribution in [2.45, 2.75) is 25.3 Å². The second-order valence-electron chi connectivity index (χ2n) is 2.11. The molecule has 0 rings (SSSR count). The molecule has 0 saturated carbocycles. The van der Waals surface area contributed by atoms with Gasteiger partial charge in [0.15, 0.2) is 6.10 Å². The van der Waals surface area contributed by atoms with E-state index in [0.29, 0.717) is 6.92 Å². The monoisotopic (exact) mass is 208 g/mol. The van der Waals surface area contributed by atoms with Gasteiger partial charge in [-0.2, -0.15) is 22.0 Å². The number of aliphatic carboxylic acids is 1. The molecule has 0 spiro atoms. The number of rotatable bonds is 3. The lowest BCUT2D eigenvalue weighted by Crippen LogP contribution is -2.43. The van der Waals surface area contributed by atoms with E-state index in [1.165, 1.54) is 0 Å². The maximum Gasteiger partial charge on any atom is 0.482 e. The van der Waals surface area contributed by atoms with Crippen LogP contribution < -0.4 is 0 Å². The minimum absolute atomic E-state index is 0.571. The Labute approximate surface area is 69.1 Å². The van der Waals surface area contributed by atoms with Crippen molar-refractivity contribution >= 4 is 5.97 Å². The fourth-order valence-corrected chi connectivity index (χ4v) is 0.339. The van der Waals surface area contributed by atoms with E-state index >= 15 is 0 Å². The lowest BCUT2D eigenvalue weighted by Gasteiger charge is -2.21. The molecule has 8 heteroatoms. The predicted molar refractivity (Wildman–Crippen MR) is 29.2 cm³/mol. The summed E-state index contributed by atoms with van der Waals surface area (Å²) < 4.78 is 61.0. The summed E-state index contributed by atoms with van der Waals surface area (Å²) in [4.78, 5) is 9.88. The van der Waals surface area contributed by atoms with E-state index in [1.807, 2.05) is 0 Å². The Balaban J connectivity index is 4.43. The van der Waals surface area contributed by atoms with Crippen LogP contribution in [0, 0.1) is 0 Å². The number of carboxylic acids is 1. The second kappa shape index (κ2) is 3.44. The van der Waals surface area contributed by atoms with Crippen molar-refractivity contribution in [2.24, 2.45) is 0 Å². The third-order valence-corrected chi connectivity index (χ3v) is 1.00. The SMILES string of the molecule is C[C@H](OC(F)(F)C(F)(F)F)C(=O)O. The van der Waals surface area contributed by atoms with Crippen LogP contribution in [0.15, 0.2) is 0 Å². The fourth-order valence-electron chi connectivity index (χ4n) is 0.339. The van der Waals surface area contributed by atoms with E-state index < -0.39 is 24.4 Å². The van der Waals surface area contributed by atoms with Gasteiger partial charge in [0.05, 0.1) is 0 Å². The summed E-state index contributed by atoms with van der Waals surface area (Å²) in [5.41, 5.74) is 0. The van der Waals surface area contributed by atoms with Gasteiger partial charge >= 0.3 is 18.3 Å². The van der Waals surface area contributed by atoms with E-state index in [9.17, 15) is 26.7 Å². The zero-order valence-corrected chi connectivity index (χ0v) is 6.23. The van der Waals surface area contributed by atoms with Crippen LogP contribution in [0.25, 0.3) is 0 Å². The van der Waals surface area contributed by atoms with Gasteiger partial charge in [-0.1, -0.05) is 0 Å². The predicted octanol–water partition coefficient (Wildman–Crippen LogP) is 1.63. The first-order valence-corrected chi connectivity index (χ1v) is 2.93. The minimum Gasteiger partial charge on any atom is -0.479 e. The van der Waals surface area contributed by atoms with Crippen molar-refractivity contribution in [1.82, 2.24) is 0 Å². The zero-order chi connectivity index (χ0) is 10.9. The van der Waals surface area contributed by atoms with Crippen LogP contribution in [-0.4, -0.2) is 29.5 Å². The molecular formula is C5H5F5O3. The fraction of sp³-hybridized carbons (Fsp3) is 0.800. The van der Waals surface area contributed by atoms with Gasteiger partial charge in [0.2, 0.25) is 0 Å². The van der Waals surface area contributed by atoms with Gasteiger partial charge < -0.3 is 5.11 Å². The van der Waals surface area contributed by atoms with Crippen molar-refractivity contribution in [2.75, 3.05) is 0 Å². The Kier molecular flexibility index (Phi) is 3.20. The molecule has 0 aromatic rings. The molecule has 0 aliphatic heterocycles. The highest BCUT2D eigenvalue weighted by molar-refractivity contribution is 5.71. The number of hydrogen-bond donors (Lipinski definition) is 1. The van der Waals surface area contributed by atoms with Gasteiger partial charge in [-0.3, -0.25) is 4.74 Å². The molecule has 0 unspecified atom stereocenters. The van der Waals surface area contributed by atoms with Crippen LogP contribution in [-0.2, 0) is 9.53 Å². The number of ether oxygens (including phenoxy) is 1. The third-order valence-electron chi connectivity index (χ3n) is 1.00. The normalized spacial score (nSPS) is 15.5. The van der Waals surface area contributed by atoms with Gasteiger partial charge in [-0.15, -0.1) is 0 Å². The van der Waals surface area contributed by atoms with Crippen molar-refractivity contribution in [3.8, 4) is 0 Å². The average molecular weight is 208 g/mol. The van der Waals surface area contributed by atoms with E-state index in [0.717, 1.165) is 0 Å². The number of carboxylic acid groups (broad SMARTS) is 1. The highest BCUT2D eigenvalue weighted by Gasteiger charge is 2.60. The van der Waals surface area contributed by atoms with Crippen molar-refractivity contribution < 1.29 is 36.6 Å². The summed E-state index contributed by atoms with van der Waals surface area (Å²) in [6.45, 7) is 0.571. The molecule has 0 aliphatic rings. The molecule has 0 bridgehead atoms. The molecule has 0 radical (unpaired) electrons. The summed E-state index contributed by atoms with van der Waals surface area (Å²) in [5, 5.41) is 7.99. The Morgan fingerprint density at radius 1 is 1.31 bits per heavy atom. The van der Waals surface area contributed by atoms with Gasteiger partial charge in [-0.25, -0.2) is 4.79 Å². The standard InChI is InChI=1S/C5H5F5O3/c1-2(3(11)12)13-5(9,10)4(6,7)8/h2H,1H3,(H,11,12)/t2-/m0/s1. The van der Waals surface area contributed by atoms with E-state index in [2.05, 4.69) is 4.74 Å². The largest absolute Gasteiger partial charge is 0.482 e. The molecule has 0 heterocycles. The number of halogens is 5. The number of hydrogen-bond acceptors (Lipinski definition) is 2. The molecule has 1 atom stereocenters. The van der Waals surface area contributed by atoms with Crippen LogP contribution in [0.4, 0.5) is 22.0 Å². The topological polar surface area (TPSA) is 46.5 Å². The molecule has 0 amide bonds. The summed E-state index contributed by atoms with van der Waals surface area (Å²) in [5.74, 6) is -1.90. The molecule has 13 heavy (non-hydrogen) atoms. The summed E-state index contributed by atoms with van der Waals surface area (Å²) >= 11 is 0. The Bertz CT molecular complexity index is 199. The lowest BCUT2D eigenvalue weighted by atomic mass is 10.4. The summed E-state index contributed by atoms with van der Waals surface area (Å²) in [7, 11) is 0. The smallest absolute Gasteiger partial charge is 0.479 e. The third kappa shape index (κ3) is 3.13. The first-order valence-electron chi connectivity index (χ1n) is 2.93. The maximum absolute atomic E-state index is 11.9. The zero-order valence-electron chi connectivity index (χ0n) is 6.23. The molecule has 0 aromatic heterocycles. The molecule has 0 fully saturated rings. The van der Waals surface area contributed by atoms with Crippen LogP contribution in [0.2, 0.25) is 0 Å². The van der Waals surface area contributed by atoms with Crippen LogP contribution in [0.3, 0.4) is 0 Å². The second-order valence-corrected chi connectivity index (χ2v) is 2.11. The van der Waals surface area contributed by atoms with Crippen LogP contribution in [0.5, 0.6) is 0 Å². The highest BCUT2D eigenvalue weighted by Crippen LogP contribution is 2.37. The average Bonchev–Trinajstić information content (AvgIpc) is 1.83. The van der Waals surface area contributed by atoms with Crippen LogP contribution in [0.1, 0.15) is 6.92 Å². The first kappa shape index (κ1) is 12.1. The van der Waals surface area contributed by atoms with E-state index in [4.69, 9.17) is 5.11 Å².